The van der Waals surface area contributed by atoms with E-state index in [4.69, 9.17) is 28.4 Å². The van der Waals surface area contributed by atoms with Crippen molar-refractivity contribution in [3.63, 3.8) is 0 Å². The Morgan fingerprint density at radius 3 is 1.37 bits per heavy atom. The van der Waals surface area contributed by atoms with Gasteiger partial charge in [-0.3, -0.25) is 9.59 Å². The predicted molar refractivity (Wildman–Crippen MR) is 211 cm³/mol. The largest absolute Gasteiger partial charge is 0.462 e. The van der Waals surface area contributed by atoms with Crippen molar-refractivity contribution in [3.05, 3.63) is 0 Å². The van der Waals surface area contributed by atoms with E-state index in [1.807, 2.05) is 0 Å². The summed E-state index contributed by atoms with van der Waals surface area (Å²) in [6, 6.07) is 0. The summed E-state index contributed by atoms with van der Waals surface area (Å²) in [5.41, 5.74) is 0. The molecule has 0 aromatic heterocycles. The Morgan fingerprint density at radius 2 is 0.895 bits per heavy atom. The topological polar surface area (TPSA) is 231 Å². The molecule has 0 spiro atoms. The van der Waals surface area contributed by atoms with Crippen molar-refractivity contribution in [3.8, 4) is 0 Å². The molecule has 336 valence electrons. The molecule has 0 amide bonds. The fraction of sp³-hybridized carbons (Fsp3) is 0.952. The van der Waals surface area contributed by atoms with Crippen molar-refractivity contribution in [2.45, 2.75) is 229 Å². The van der Waals surface area contributed by atoms with Gasteiger partial charge in [0.05, 0.1) is 19.8 Å². The highest BCUT2D eigenvalue weighted by molar-refractivity contribution is 5.70. The van der Waals surface area contributed by atoms with E-state index >= 15 is 0 Å². The number of unbranched alkanes of at least 4 members (excludes halogenated alkanes) is 19. The second kappa shape index (κ2) is 31.4. The highest BCUT2D eigenvalue weighted by Gasteiger charge is 2.47. The fourth-order valence-corrected chi connectivity index (χ4v) is 7.10. The molecule has 2 heterocycles. The number of carbonyl (C=O) groups excluding carboxylic acids is 2. The van der Waals surface area contributed by atoms with Crippen LogP contribution >= 0.6 is 0 Å². The molecule has 0 bridgehead atoms. The van der Waals surface area contributed by atoms with E-state index in [-0.39, 0.29) is 26.1 Å². The number of aliphatic hydroxyl groups excluding tert-OH is 7. The quantitative estimate of drug-likeness (QED) is 0.0365. The van der Waals surface area contributed by atoms with Crippen LogP contribution in [0.4, 0.5) is 0 Å². The number of carbonyl (C=O) groups is 2. The molecule has 0 aromatic carbocycles. The lowest BCUT2D eigenvalue weighted by Gasteiger charge is -2.42. The molecule has 2 aliphatic heterocycles. The zero-order chi connectivity index (χ0) is 41.8. The Balaban J connectivity index is 1.86. The van der Waals surface area contributed by atoms with Crippen LogP contribution < -0.4 is 0 Å². The number of rotatable bonds is 33. The Kier molecular flexibility index (Phi) is 28.4. The lowest BCUT2D eigenvalue weighted by molar-refractivity contribution is -0.332. The Hall–Kier alpha value is -1.50. The maximum Gasteiger partial charge on any atom is 0.306 e. The van der Waals surface area contributed by atoms with Crippen molar-refractivity contribution in [2.75, 3.05) is 26.4 Å². The summed E-state index contributed by atoms with van der Waals surface area (Å²) in [7, 11) is 0. The molecule has 15 heteroatoms. The van der Waals surface area contributed by atoms with Crippen LogP contribution in [-0.2, 0) is 38.0 Å². The second-order valence-corrected chi connectivity index (χ2v) is 15.9. The SMILES string of the molecule is CCCCCCCCCCCCCCCC(=O)O[C@H](COC(=O)CCCCCCCCCC)CO[C@@H]1O[C@H](CO[C@@H]2O[C@H](CO)[C@H](O)C(O)C2O)[C@H](O)C(O)C1O. The number of esters is 2. The summed E-state index contributed by atoms with van der Waals surface area (Å²) in [5.74, 6) is -0.923. The molecule has 2 rings (SSSR count). The maximum absolute atomic E-state index is 12.9. The summed E-state index contributed by atoms with van der Waals surface area (Å²) in [4.78, 5) is 25.5. The van der Waals surface area contributed by atoms with Gasteiger partial charge in [0.25, 0.3) is 0 Å². The first-order valence-corrected chi connectivity index (χ1v) is 22.1. The van der Waals surface area contributed by atoms with Crippen molar-refractivity contribution >= 4 is 11.9 Å². The maximum atomic E-state index is 12.9. The first-order chi connectivity index (χ1) is 27.5. The summed E-state index contributed by atoms with van der Waals surface area (Å²) < 4.78 is 33.4. The summed E-state index contributed by atoms with van der Waals surface area (Å²) in [6.45, 7) is 2.54. The van der Waals surface area contributed by atoms with Gasteiger partial charge in [0, 0.05) is 12.8 Å². The highest BCUT2D eigenvalue weighted by Crippen LogP contribution is 2.26. The number of hydrogen-bond acceptors (Lipinski definition) is 15. The molecule has 2 saturated heterocycles. The van der Waals surface area contributed by atoms with Crippen LogP contribution in [0.2, 0.25) is 0 Å². The van der Waals surface area contributed by atoms with Gasteiger partial charge in [-0.25, -0.2) is 0 Å². The predicted octanol–water partition coefficient (Wildman–Crippen LogP) is 4.09. The monoisotopic (exact) mass is 823 g/mol. The Bertz CT molecular complexity index is 1020. The van der Waals surface area contributed by atoms with Crippen LogP contribution in [0.25, 0.3) is 0 Å². The standard InChI is InChI=1S/C42H78O15/c1-3-5-7-9-11-13-14-15-16-17-19-21-23-25-34(45)55-30(27-52-33(44)24-22-20-18-12-10-8-6-4-2)28-53-41-40(51)38(49)36(47)32(57-41)29-54-42-39(50)37(48)35(46)31(26-43)56-42/h30-32,35-43,46-51H,3-29H2,1-2H3/t30-,31-,32-,35+,36+,37?,38?,39?,40?,41-,42-/m1/s1. The van der Waals surface area contributed by atoms with Gasteiger partial charge in [0.1, 0.15) is 55.4 Å². The van der Waals surface area contributed by atoms with E-state index in [1.165, 1.54) is 83.5 Å². The molecule has 11 atom stereocenters. The van der Waals surface area contributed by atoms with E-state index in [2.05, 4.69) is 13.8 Å². The molecule has 0 aromatic rings. The molecule has 0 radical (unpaired) electrons. The van der Waals surface area contributed by atoms with E-state index in [1.54, 1.807) is 0 Å². The van der Waals surface area contributed by atoms with Crippen molar-refractivity contribution in [1.29, 1.82) is 0 Å². The van der Waals surface area contributed by atoms with Gasteiger partial charge in [-0.1, -0.05) is 136 Å². The lowest BCUT2D eigenvalue weighted by atomic mass is 9.98. The minimum absolute atomic E-state index is 0.172. The molecule has 4 unspecified atom stereocenters. The third kappa shape index (κ3) is 21.0. The molecule has 2 fully saturated rings. The van der Waals surface area contributed by atoms with Gasteiger partial charge in [0.15, 0.2) is 18.7 Å². The molecule has 7 N–H and O–H groups in total. The molecule has 57 heavy (non-hydrogen) atoms. The van der Waals surface area contributed by atoms with Crippen LogP contribution in [0.15, 0.2) is 0 Å². The van der Waals surface area contributed by atoms with Gasteiger partial charge in [-0.2, -0.15) is 0 Å². The minimum Gasteiger partial charge on any atom is -0.462 e. The van der Waals surface area contributed by atoms with Crippen molar-refractivity contribution in [2.24, 2.45) is 0 Å². The van der Waals surface area contributed by atoms with Gasteiger partial charge in [0.2, 0.25) is 0 Å². The van der Waals surface area contributed by atoms with Crippen LogP contribution in [0.3, 0.4) is 0 Å². The molecule has 15 nitrogen and oxygen atoms in total. The van der Waals surface area contributed by atoms with Crippen molar-refractivity contribution < 1.29 is 73.8 Å². The van der Waals surface area contributed by atoms with Crippen LogP contribution in [0, 0.1) is 0 Å². The average molecular weight is 823 g/mol. The van der Waals surface area contributed by atoms with E-state index in [9.17, 15) is 45.3 Å². The summed E-state index contributed by atoms with van der Waals surface area (Å²) >= 11 is 0. The fourth-order valence-electron chi connectivity index (χ4n) is 7.10. The Labute approximate surface area is 340 Å². The number of hydrogen-bond donors (Lipinski definition) is 7. The van der Waals surface area contributed by atoms with Crippen LogP contribution in [0.5, 0.6) is 0 Å². The van der Waals surface area contributed by atoms with E-state index < -0.39 is 92.7 Å². The molecular weight excluding hydrogens is 744 g/mol. The first kappa shape index (κ1) is 51.6. The van der Waals surface area contributed by atoms with Crippen LogP contribution in [-0.4, -0.2) is 142 Å². The smallest absolute Gasteiger partial charge is 0.306 e. The molecule has 0 saturated carbocycles. The number of aliphatic hydroxyl groups is 7. The van der Waals surface area contributed by atoms with Crippen LogP contribution in [0.1, 0.15) is 162 Å². The highest BCUT2D eigenvalue weighted by atomic mass is 16.7. The average Bonchev–Trinajstić information content (AvgIpc) is 3.20. The molecule has 0 aliphatic carbocycles. The lowest BCUT2D eigenvalue weighted by Crippen LogP contribution is -2.61. The minimum atomic E-state index is -1.76. The second-order valence-electron chi connectivity index (χ2n) is 15.9. The number of ether oxygens (including phenoxy) is 6. The van der Waals surface area contributed by atoms with E-state index in [0.717, 1.165) is 38.5 Å². The third-order valence-corrected chi connectivity index (χ3v) is 10.8. The summed E-state index contributed by atoms with van der Waals surface area (Å²) in [5, 5.41) is 71.7. The van der Waals surface area contributed by atoms with Gasteiger partial charge < -0.3 is 64.2 Å². The molecule has 2 aliphatic rings. The summed E-state index contributed by atoms with van der Waals surface area (Å²) in [6.07, 6.45) is 7.38. The third-order valence-electron chi connectivity index (χ3n) is 10.8. The van der Waals surface area contributed by atoms with Gasteiger partial charge >= 0.3 is 11.9 Å². The molecular formula is C42H78O15. The normalized spacial score (nSPS) is 28.3. The van der Waals surface area contributed by atoms with Gasteiger partial charge in [-0.15, -0.1) is 0 Å². The van der Waals surface area contributed by atoms with E-state index in [0.29, 0.717) is 12.8 Å². The van der Waals surface area contributed by atoms with Gasteiger partial charge in [-0.05, 0) is 12.8 Å². The zero-order valence-corrected chi connectivity index (χ0v) is 34.8. The van der Waals surface area contributed by atoms with Crippen molar-refractivity contribution in [1.82, 2.24) is 0 Å². The zero-order valence-electron chi connectivity index (χ0n) is 34.8. The first-order valence-electron chi connectivity index (χ1n) is 22.1. The Morgan fingerprint density at radius 1 is 0.491 bits per heavy atom.